The molecule has 1 aromatic rings. The van der Waals surface area contributed by atoms with Crippen LogP contribution in [0.2, 0.25) is 0 Å². The smallest absolute Gasteiger partial charge is 0.126 e. The highest BCUT2D eigenvalue weighted by atomic mass is 19.1. The van der Waals surface area contributed by atoms with Crippen LogP contribution >= 0.6 is 0 Å². The van der Waals surface area contributed by atoms with Gasteiger partial charge in [0.15, 0.2) is 0 Å². The number of rotatable bonds is 2. The Balaban J connectivity index is 2.04. The van der Waals surface area contributed by atoms with Gasteiger partial charge in [0, 0.05) is 12.5 Å². The zero-order valence-electron chi connectivity index (χ0n) is 8.53. The second-order valence-corrected chi connectivity index (χ2v) is 3.99. The largest absolute Gasteiger partial charge is 0.393 e. The third kappa shape index (κ3) is 2.55. The molecule has 0 aliphatic carbocycles. The molecule has 0 bridgehead atoms. The molecule has 0 spiro atoms. The molecule has 2 rings (SSSR count). The fraction of sp³-hybridized carbons (Fsp3) is 0.500. The van der Waals surface area contributed by atoms with Crippen molar-refractivity contribution in [3.63, 3.8) is 0 Å². The van der Waals surface area contributed by atoms with Crippen LogP contribution in [0.4, 0.5) is 4.39 Å². The standard InChI is InChI=1S/C12H15FO2/c13-11-4-2-1-3-9(11)7-10-8-15-6-5-12(10)14/h1-4,10,12,14H,5-8H2/t10-,12+/m1/s1. The number of hydrogen-bond acceptors (Lipinski definition) is 2. The molecule has 0 aromatic heterocycles. The molecule has 15 heavy (non-hydrogen) atoms. The molecule has 1 aliphatic rings. The molecule has 1 aromatic carbocycles. The normalized spacial score (nSPS) is 26.5. The van der Waals surface area contributed by atoms with E-state index in [4.69, 9.17) is 4.74 Å². The van der Waals surface area contributed by atoms with E-state index in [9.17, 15) is 9.50 Å². The minimum absolute atomic E-state index is 0.0237. The first-order valence-corrected chi connectivity index (χ1v) is 5.26. The van der Waals surface area contributed by atoms with Gasteiger partial charge < -0.3 is 9.84 Å². The number of benzene rings is 1. The molecule has 0 radical (unpaired) electrons. The van der Waals surface area contributed by atoms with Crippen molar-refractivity contribution in [2.75, 3.05) is 13.2 Å². The van der Waals surface area contributed by atoms with Crippen molar-refractivity contribution in [2.24, 2.45) is 5.92 Å². The second kappa shape index (κ2) is 4.73. The number of halogens is 1. The lowest BCUT2D eigenvalue weighted by atomic mass is 9.91. The van der Waals surface area contributed by atoms with Crippen molar-refractivity contribution < 1.29 is 14.2 Å². The van der Waals surface area contributed by atoms with E-state index in [1.54, 1.807) is 12.1 Å². The highest BCUT2D eigenvalue weighted by Gasteiger charge is 2.24. The molecule has 82 valence electrons. The van der Waals surface area contributed by atoms with Crippen LogP contribution in [0.5, 0.6) is 0 Å². The Morgan fingerprint density at radius 3 is 2.93 bits per heavy atom. The third-order valence-corrected chi connectivity index (χ3v) is 2.87. The topological polar surface area (TPSA) is 29.5 Å². The summed E-state index contributed by atoms with van der Waals surface area (Å²) < 4.78 is 18.6. The van der Waals surface area contributed by atoms with Gasteiger partial charge in [-0.05, 0) is 24.5 Å². The summed E-state index contributed by atoms with van der Waals surface area (Å²) in [5.74, 6) is -0.175. The van der Waals surface area contributed by atoms with Crippen molar-refractivity contribution in [2.45, 2.75) is 18.9 Å². The van der Waals surface area contributed by atoms with E-state index in [1.165, 1.54) is 6.07 Å². The van der Waals surface area contributed by atoms with Crippen LogP contribution < -0.4 is 0 Å². The SMILES string of the molecule is O[C@H]1CCOC[C@H]1Cc1ccccc1F. The number of hydrogen-bond donors (Lipinski definition) is 1. The Bertz CT molecular complexity index is 327. The summed E-state index contributed by atoms with van der Waals surface area (Å²) in [4.78, 5) is 0. The van der Waals surface area contributed by atoms with Gasteiger partial charge in [0.25, 0.3) is 0 Å². The van der Waals surface area contributed by atoms with Gasteiger partial charge in [0.05, 0.1) is 12.7 Å². The summed E-state index contributed by atoms with van der Waals surface area (Å²) in [6, 6.07) is 6.70. The molecule has 2 nitrogen and oxygen atoms in total. The number of aliphatic hydroxyl groups excluding tert-OH is 1. The lowest BCUT2D eigenvalue weighted by Gasteiger charge is -2.27. The first-order valence-electron chi connectivity index (χ1n) is 5.26. The summed E-state index contributed by atoms with van der Waals surface area (Å²) in [6.45, 7) is 1.13. The predicted octanol–water partition coefficient (Wildman–Crippen LogP) is 1.77. The maximum absolute atomic E-state index is 13.3. The summed E-state index contributed by atoms with van der Waals surface area (Å²) in [5.41, 5.74) is 0.659. The van der Waals surface area contributed by atoms with Crippen molar-refractivity contribution in [3.8, 4) is 0 Å². The van der Waals surface area contributed by atoms with Gasteiger partial charge >= 0.3 is 0 Å². The highest BCUT2D eigenvalue weighted by molar-refractivity contribution is 5.18. The lowest BCUT2D eigenvalue weighted by molar-refractivity contribution is -0.0352. The fourth-order valence-electron chi connectivity index (χ4n) is 1.93. The summed E-state index contributed by atoms with van der Waals surface area (Å²) in [5, 5.41) is 9.72. The van der Waals surface area contributed by atoms with Gasteiger partial charge in [-0.1, -0.05) is 18.2 Å². The van der Waals surface area contributed by atoms with E-state index in [1.807, 2.05) is 6.07 Å². The Morgan fingerprint density at radius 1 is 1.40 bits per heavy atom. The summed E-state index contributed by atoms with van der Waals surface area (Å²) >= 11 is 0. The van der Waals surface area contributed by atoms with E-state index >= 15 is 0 Å². The quantitative estimate of drug-likeness (QED) is 0.806. The van der Waals surface area contributed by atoms with Crippen molar-refractivity contribution >= 4 is 0 Å². The minimum Gasteiger partial charge on any atom is -0.393 e. The zero-order valence-corrected chi connectivity index (χ0v) is 8.53. The van der Waals surface area contributed by atoms with Crippen LogP contribution in [-0.4, -0.2) is 24.4 Å². The molecule has 0 unspecified atom stereocenters. The van der Waals surface area contributed by atoms with Crippen LogP contribution in [-0.2, 0) is 11.2 Å². The summed E-state index contributed by atoms with van der Waals surface area (Å²) in [6.07, 6.45) is 0.839. The third-order valence-electron chi connectivity index (χ3n) is 2.87. The zero-order chi connectivity index (χ0) is 10.7. The molecule has 1 aliphatic heterocycles. The first kappa shape index (κ1) is 10.6. The van der Waals surface area contributed by atoms with Gasteiger partial charge in [-0.15, -0.1) is 0 Å². The molecule has 0 amide bonds. The van der Waals surface area contributed by atoms with Crippen LogP contribution in [0, 0.1) is 11.7 Å². The second-order valence-electron chi connectivity index (χ2n) is 3.99. The molecule has 0 saturated carbocycles. The molecule has 3 heteroatoms. The van der Waals surface area contributed by atoms with Crippen LogP contribution in [0.25, 0.3) is 0 Å². The average Bonchev–Trinajstić information content (AvgIpc) is 2.24. The first-order chi connectivity index (χ1) is 7.27. The minimum atomic E-state index is -0.363. The molecule has 1 N–H and O–H groups in total. The monoisotopic (exact) mass is 210 g/mol. The molecule has 1 fully saturated rings. The van der Waals surface area contributed by atoms with Gasteiger partial charge in [-0.2, -0.15) is 0 Å². The van der Waals surface area contributed by atoms with Crippen molar-refractivity contribution in [1.29, 1.82) is 0 Å². The van der Waals surface area contributed by atoms with Crippen LogP contribution in [0.1, 0.15) is 12.0 Å². The van der Waals surface area contributed by atoms with E-state index in [-0.39, 0.29) is 17.8 Å². The maximum atomic E-state index is 13.3. The van der Waals surface area contributed by atoms with Crippen LogP contribution in [0.15, 0.2) is 24.3 Å². The van der Waals surface area contributed by atoms with E-state index in [0.29, 0.717) is 31.6 Å². The molecule has 1 heterocycles. The Hall–Kier alpha value is -0.930. The number of aliphatic hydroxyl groups is 1. The molecular weight excluding hydrogens is 195 g/mol. The summed E-state index contributed by atoms with van der Waals surface area (Å²) in [7, 11) is 0. The van der Waals surface area contributed by atoms with Crippen molar-refractivity contribution in [3.05, 3.63) is 35.6 Å². The highest BCUT2D eigenvalue weighted by Crippen LogP contribution is 2.20. The van der Waals surface area contributed by atoms with Gasteiger partial charge in [0.1, 0.15) is 5.82 Å². The van der Waals surface area contributed by atoms with E-state index in [2.05, 4.69) is 0 Å². The van der Waals surface area contributed by atoms with Crippen LogP contribution in [0.3, 0.4) is 0 Å². The fourth-order valence-corrected chi connectivity index (χ4v) is 1.93. The van der Waals surface area contributed by atoms with E-state index in [0.717, 1.165) is 0 Å². The van der Waals surface area contributed by atoms with E-state index < -0.39 is 0 Å². The van der Waals surface area contributed by atoms with Gasteiger partial charge in [0.2, 0.25) is 0 Å². The Morgan fingerprint density at radius 2 is 2.20 bits per heavy atom. The molecule has 1 saturated heterocycles. The predicted molar refractivity (Wildman–Crippen MR) is 55.0 cm³/mol. The van der Waals surface area contributed by atoms with Crippen molar-refractivity contribution in [1.82, 2.24) is 0 Å². The Kier molecular flexibility index (Phi) is 3.34. The average molecular weight is 210 g/mol. The molecular formula is C12H15FO2. The van der Waals surface area contributed by atoms with Gasteiger partial charge in [-0.25, -0.2) is 4.39 Å². The Labute approximate surface area is 88.7 Å². The maximum Gasteiger partial charge on any atom is 0.126 e. The lowest BCUT2D eigenvalue weighted by Crippen LogP contribution is -2.33. The van der Waals surface area contributed by atoms with Gasteiger partial charge in [-0.3, -0.25) is 0 Å². The number of ether oxygens (including phenoxy) is 1. The molecule has 2 atom stereocenters.